The molecule has 0 fully saturated rings. The minimum atomic E-state index is 0.302. The van der Waals surface area contributed by atoms with Crippen LogP contribution in [0.4, 0.5) is 0 Å². The summed E-state index contributed by atoms with van der Waals surface area (Å²) in [5.74, 6) is 0. The molecular formula is C3H6NO2. The third-order valence-electron chi connectivity index (χ3n) is 0.292. The molecule has 1 radical (unpaired) electrons. The average Bonchev–Trinajstić information content (AvgIpc) is 1.61. The first-order valence-corrected chi connectivity index (χ1v) is 1.53. The predicted molar refractivity (Wildman–Crippen MR) is 21.1 cm³/mol. The van der Waals surface area contributed by atoms with E-state index in [4.69, 9.17) is 10.3 Å². The second-order valence-electron chi connectivity index (χ2n) is 0.716. The number of hydrogen-bond acceptors (Lipinski definition) is 3. The van der Waals surface area contributed by atoms with Crippen LogP contribution in [0.1, 0.15) is 6.42 Å². The van der Waals surface area contributed by atoms with Crippen LogP contribution in [0.2, 0.25) is 0 Å². The summed E-state index contributed by atoms with van der Waals surface area (Å²) in [6.45, 7) is 0.903. The summed E-state index contributed by atoms with van der Waals surface area (Å²) >= 11 is 0. The fourth-order valence-electron chi connectivity index (χ4n) is 0.0943. The van der Waals surface area contributed by atoms with Crippen molar-refractivity contribution >= 4 is 6.21 Å². The van der Waals surface area contributed by atoms with Gasteiger partial charge in [-0.2, -0.15) is 0 Å². The molecule has 0 aromatic heterocycles. The Morgan fingerprint density at radius 2 is 2.33 bits per heavy atom. The molecule has 2 N–H and O–H groups in total. The Kier molecular flexibility index (Phi) is 4.01. The van der Waals surface area contributed by atoms with Crippen molar-refractivity contribution in [1.82, 2.24) is 0 Å². The molecule has 0 unspecified atom stereocenters. The molecule has 0 atom stereocenters. The molecule has 0 saturated carbocycles. The van der Waals surface area contributed by atoms with Gasteiger partial charge in [0.2, 0.25) is 0 Å². The lowest BCUT2D eigenvalue weighted by molar-refractivity contribution is 0.318. The highest BCUT2D eigenvalue weighted by Crippen LogP contribution is 1.71. The first-order chi connectivity index (χ1) is 2.91. The molecule has 3 nitrogen and oxygen atoms in total. The lowest BCUT2D eigenvalue weighted by Gasteiger charge is -1.74. The third-order valence-corrected chi connectivity index (χ3v) is 0.292. The van der Waals surface area contributed by atoms with Crippen molar-refractivity contribution in [1.29, 1.82) is 0 Å². The molecule has 0 bridgehead atoms. The number of rotatable bonds is 2. The van der Waals surface area contributed by atoms with Gasteiger partial charge in [0.05, 0.1) is 6.61 Å². The summed E-state index contributed by atoms with van der Waals surface area (Å²) in [6.07, 6.45) is 1.48. The number of aliphatic hydroxyl groups excluding tert-OH is 1. The van der Waals surface area contributed by atoms with E-state index in [9.17, 15) is 0 Å². The Hall–Kier alpha value is -0.570. The van der Waals surface area contributed by atoms with Crippen molar-refractivity contribution < 1.29 is 10.3 Å². The Balaban J connectivity index is 2.66. The molecule has 0 aliphatic rings. The van der Waals surface area contributed by atoms with Gasteiger partial charge in [-0.3, -0.25) is 0 Å². The zero-order valence-corrected chi connectivity index (χ0v) is 3.20. The van der Waals surface area contributed by atoms with E-state index in [1.54, 1.807) is 0 Å². The van der Waals surface area contributed by atoms with E-state index in [1.165, 1.54) is 6.21 Å². The monoisotopic (exact) mass is 88.0 g/mol. The molecule has 0 aliphatic carbocycles. The number of nitrogens with zero attached hydrogens (tertiary/aromatic N) is 1. The molecular weight excluding hydrogens is 82.0 g/mol. The normalized spacial score (nSPS) is 10.2. The van der Waals surface area contributed by atoms with Gasteiger partial charge in [0.1, 0.15) is 0 Å². The highest BCUT2D eigenvalue weighted by molar-refractivity contribution is 5.57. The molecule has 0 saturated heterocycles. The van der Waals surface area contributed by atoms with Crippen molar-refractivity contribution in [3.8, 4) is 0 Å². The van der Waals surface area contributed by atoms with E-state index in [0.717, 1.165) is 6.61 Å². The van der Waals surface area contributed by atoms with E-state index < -0.39 is 0 Å². The first kappa shape index (κ1) is 5.43. The average molecular weight is 88.1 g/mol. The number of hydrogen-bond donors (Lipinski definition) is 2. The minimum absolute atomic E-state index is 0.302. The summed E-state index contributed by atoms with van der Waals surface area (Å²) in [7, 11) is 0. The van der Waals surface area contributed by atoms with Crippen LogP contribution in [0.3, 0.4) is 0 Å². The minimum Gasteiger partial charge on any atom is -0.411 e. The molecule has 6 heavy (non-hydrogen) atoms. The van der Waals surface area contributed by atoms with Gasteiger partial charge in [-0.25, -0.2) is 0 Å². The van der Waals surface area contributed by atoms with Gasteiger partial charge in [0.15, 0.2) is 0 Å². The molecule has 0 spiro atoms. The molecule has 0 aromatic rings. The summed E-state index contributed by atoms with van der Waals surface area (Å²) in [6, 6.07) is 0. The van der Waals surface area contributed by atoms with Gasteiger partial charge in [-0.1, -0.05) is 0 Å². The van der Waals surface area contributed by atoms with Crippen LogP contribution in [0.25, 0.3) is 0 Å². The SMILES string of the molecule is O[CH]CC=NO. The van der Waals surface area contributed by atoms with Crippen molar-refractivity contribution in [2.45, 2.75) is 6.42 Å². The fraction of sp³-hybridized carbons (Fsp3) is 0.333. The zero-order valence-electron chi connectivity index (χ0n) is 3.20. The summed E-state index contributed by atoms with van der Waals surface area (Å²) in [5.41, 5.74) is 0. The number of aliphatic hydroxyl groups is 1. The predicted octanol–water partition coefficient (Wildman–Crippen LogP) is 0.371. The summed E-state index contributed by atoms with van der Waals surface area (Å²) in [5, 5.41) is 18.1. The quantitative estimate of drug-likeness (QED) is 0.291. The van der Waals surface area contributed by atoms with Crippen molar-refractivity contribution in [2.24, 2.45) is 5.16 Å². The second-order valence-corrected chi connectivity index (χ2v) is 0.716. The van der Waals surface area contributed by atoms with Gasteiger partial charge in [-0.15, -0.1) is 5.16 Å². The van der Waals surface area contributed by atoms with E-state index >= 15 is 0 Å². The molecule has 0 aromatic carbocycles. The standard InChI is InChI=1S/C3H6NO2/c5-3-1-2-4-6/h2-3,5-6H,1H2. The van der Waals surface area contributed by atoms with E-state index in [0.29, 0.717) is 6.42 Å². The van der Waals surface area contributed by atoms with Crippen LogP contribution in [-0.2, 0) is 0 Å². The van der Waals surface area contributed by atoms with Gasteiger partial charge in [0, 0.05) is 12.6 Å². The Morgan fingerprint density at radius 1 is 1.67 bits per heavy atom. The lowest BCUT2D eigenvalue weighted by Crippen LogP contribution is -1.72. The van der Waals surface area contributed by atoms with E-state index in [1.807, 2.05) is 0 Å². The van der Waals surface area contributed by atoms with Gasteiger partial charge < -0.3 is 10.3 Å². The fourth-order valence-corrected chi connectivity index (χ4v) is 0.0943. The molecule has 0 heterocycles. The third kappa shape index (κ3) is 3.43. The molecule has 0 rings (SSSR count). The van der Waals surface area contributed by atoms with Crippen LogP contribution >= 0.6 is 0 Å². The maximum Gasteiger partial charge on any atom is 0.0853 e. The smallest absolute Gasteiger partial charge is 0.0853 e. The van der Waals surface area contributed by atoms with Crippen molar-refractivity contribution in [3.63, 3.8) is 0 Å². The van der Waals surface area contributed by atoms with Crippen LogP contribution in [0.15, 0.2) is 5.16 Å². The summed E-state index contributed by atoms with van der Waals surface area (Å²) in [4.78, 5) is 0. The first-order valence-electron chi connectivity index (χ1n) is 1.53. The van der Waals surface area contributed by atoms with E-state index in [2.05, 4.69) is 5.16 Å². The second kappa shape index (κ2) is 4.43. The summed E-state index contributed by atoms with van der Waals surface area (Å²) < 4.78 is 0. The highest BCUT2D eigenvalue weighted by atomic mass is 16.4. The van der Waals surface area contributed by atoms with Crippen molar-refractivity contribution in [2.75, 3.05) is 0 Å². The van der Waals surface area contributed by atoms with Crippen LogP contribution in [-0.4, -0.2) is 16.5 Å². The maximum absolute atomic E-state index is 7.87. The molecule has 35 valence electrons. The van der Waals surface area contributed by atoms with Gasteiger partial charge in [0.25, 0.3) is 0 Å². The Morgan fingerprint density at radius 3 is 2.50 bits per heavy atom. The van der Waals surface area contributed by atoms with Gasteiger partial charge in [-0.05, 0) is 0 Å². The van der Waals surface area contributed by atoms with Crippen molar-refractivity contribution in [3.05, 3.63) is 6.61 Å². The topological polar surface area (TPSA) is 52.8 Å². The Labute approximate surface area is 35.9 Å². The van der Waals surface area contributed by atoms with Gasteiger partial charge >= 0.3 is 0 Å². The zero-order chi connectivity index (χ0) is 4.83. The highest BCUT2D eigenvalue weighted by Gasteiger charge is 1.69. The number of oxime groups is 1. The molecule has 3 heteroatoms. The molecule has 0 amide bonds. The van der Waals surface area contributed by atoms with Crippen LogP contribution < -0.4 is 0 Å². The van der Waals surface area contributed by atoms with E-state index in [-0.39, 0.29) is 0 Å². The van der Waals surface area contributed by atoms with Crippen LogP contribution in [0, 0.1) is 6.61 Å². The molecule has 0 aliphatic heterocycles. The van der Waals surface area contributed by atoms with Crippen LogP contribution in [0.5, 0.6) is 0 Å². The lowest BCUT2D eigenvalue weighted by atomic mass is 10.5. The maximum atomic E-state index is 7.87. The largest absolute Gasteiger partial charge is 0.411 e. The Bertz CT molecular complexity index is 44.1.